The average molecular weight is 283 g/mol. The number of rotatable bonds is 6. The van der Waals surface area contributed by atoms with Gasteiger partial charge in [-0.3, -0.25) is 4.57 Å². The molecule has 1 fully saturated rings. The smallest absolute Gasteiger partial charge is 0.351 e. The third kappa shape index (κ3) is 3.36. The first-order chi connectivity index (χ1) is 9.65. The second-order valence-electron chi connectivity index (χ2n) is 4.87. The molecule has 3 unspecified atom stereocenters. The zero-order valence-corrected chi connectivity index (χ0v) is 11.6. The molecule has 2 heterocycles. The van der Waals surface area contributed by atoms with Crippen molar-refractivity contribution in [3.05, 3.63) is 22.7 Å². The molecular weight excluding hydrogens is 262 g/mol. The van der Waals surface area contributed by atoms with Gasteiger partial charge in [0.2, 0.25) is 0 Å². The maximum absolute atomic E-state index is 11.9. The molecule has 1 aromatic rings. The van der Waals surface area contributed by atoms with Crippen molar-refractivity contribution in [1.29, 1.82) is 0 Å². The molecule has 0 radical (unpaired) electrons. The highest BCUT2D eigenvalue weighted by Gasteiger charge is 2.37. The minimum atomic E-state index is -0.565. The molecule has 0 bridgehead atoms. The van der Waals surface area contributed by atoms with Crippen LogP contribution in [0.2, 0.25) is 0 Å². The van der Waals surface area contributed by atoms with Gasteiger partial charge in [-0.05, 0) is 12.5 Å². The normalized spacial score (nSPS) is 26.0. The summed E-state index contributed by atoms with van der Waals surface area (Å²) in [5, 5.41) is 9.23. The van der Waals surface area contributed by atoms with E-state index in [0.29, 0.717) is 13.0 Å². The van der Waals surface area contributed by atoms with E-state index >= 15 is 0 Å². The number of hydrogen-bond donors (Lipinski definition) is 2. The van der Waals surface area contributed by atoms with Crippen LogP contribution in [0.1, 0.15) is 32.4 Å². The van der Waals surface area contributed by atoms with Crippen molar-refractivity contribution in [2.75, 3.05) is 18.9 Å². The third-order valence-corrected chi connectivity index (χ3v) is 3.30. The monoisotopic (exact) mass is 283 g/mol. The van der Waals surface area contributed by atoms with Crippen LogP contribution in [0.5, 0.6) is 0 Å². The van der Waals surface area contributed by atoms with Gasteiger partial charge in [-0.2, -0.15) is 4.98 Å². The predicted octanol–water partition coefficient (Wildman–Crippen LogP) is 0.291. The van der Waals surface area contributed by atoms with Crippen molar-refractivity contribution < 1.29 is 14.6 Å². The molecule has 3 atom stereocenters. The second-order valence-corrected chi connectivity index (χ2v) is 4.87. The van der Waals surface area contributed by atoms with E-state index in [2.05, 4.69) is 11.9 Å². The Morgan fingerprint density at radius 1 is 1.65 bits per heavy atom. The van der Waals surface area contributed by atoms with E-state index in [9.17, 15) is 9.90 Å². The molecule has 7 heteroatoms. The Morgan fingerprint density at radius 3 is 3.10 bits per heavy atom. The van der Waals surface area contributed by atoms with Gasteiger partial charge in [0, 0.05) is 19.2 Å². The van der Waals surface area contributed by atoms with Crippen LogP contribution in [0.15, 0.2) is 17.1 Å². The van der Waals surface area contributed by atoms with E-state index < -0.39 is 11.9 Å². The number of aliphatic hydroxyl groups excluding tert-OH is 1. The molecule has 20 heavy (non-hydrogen) atoms. The van der Waals surface area contributed by atoms with E-state index in [1.807, 2.05) is 0 Å². The number of ether oxygens (including phenoxy) is 2. The van der Waals surface area contributed by atoms with Gasteiger partial charge in [0.25, 0.3) is 0 Å². The SMILES string of the molecule is CCCCOC1CC(CO)OC1n1ccc(N)nc1=O. The Balaban J connectivity index is 2.15. The van der Waals surface area contributed by atoms with Crippen molar-refractivity contribution in [2.45, 2.75) is 44.6 Å². The van der Waals surface area contributed by atoms with Gasteiger partial charge in [-0.25, -0.2) is 4.79 Å². The summed E-state index contributed by atoms with van der Waals surface area (Å²) in [7, 11) is 0. The Morgan fingerprint density at radius 2 is 2.45 bits per heavy atom. The lowest BCUT2D eigenvalue weighted by Gasteiger charge is -2.20. The van der Waals surface area contributed by atoms with Crippen molar-refractivity contribution in [3.63, 3.8) is 0 Å². The highest BCUT2D eigenvalue weighted by atomic mass is 16.6. The molecule has 3 N–H and O–H groups in total. The maximum atomic E-state index is 11.9. The molecule has 1 saturated heterocycles. The van der Waals surface area contributed by atoms with E-state index in [1.54, 1.807) is 12.3 Å². The van der Waals surface area contributed by atoms with Gasteiger partial charge in [0.15, 0.2) is 6.23 Å². The Kier molecular flexibility index (Phi) is 5.11. The molecule has 1 aliphatic rings. The summed E-state index contributed by atoms with van der Waals surface area (Å²) in [4.78, 5) is 15.6. The van der Waals surface area contributed by atoms with Crippen LogP contribution in [0, 0.1) is 0 Å². The van der Waals surface area contributed by atoms with Gasteiger partial charge in [-0.1, -0.05) is 13.3 Å². The quantitative estimate of drug-likeness (QED) is 0.728. The van der Waals surface area contributed by atoms with Crippen LogP contribution in [0.4, 0.5) is 5.82 Å². The fourth-order valence-corrected chi connectivity index (χ4v) is 2.23. The molecule has 112 valence electrons. The van der Waals surface area contributed by atoms with E-state index in [1.165, 1.54) is 4.57 Å². The molecule has 1 aliphatic heterocycles. The summed E-state index contributed by atoms with van der Waals surface area (Å²) >= 11 is 0. The molecule has 0 saturated carbocycles. The van der Waals surface area contributed by atoms with Gasteiger partial charge in [0.05, 0.1) is 12.7 Å². The number of hydrogen-bond acceptors (Lipinski definition) is 6. The topological polar surface area (TPSA) is 99.6 Å². The number of aliphatic hydroxyl groups is 1. The van der Waals surface area contributed by atoms with E-state index in [-0.39, 0.29) is 24.6 Å². The van der Waals surface area contributed by atoms with Crippen LogP contribution in [0.25, 0.3) is 0 Å². The Bertz CT molecular complexity index is 491. The third-order valence-electron chi connectivity index (χ3n) is 3.30. The van der Waals surface area contributed by atoms with Crippen LogP contribution in [-0.2, 0) is 9.47 Å². The highest BCUT2D eigenvalue weighted by Crippen LogP contribution is 2.30. The number of unbranched alkanes of at least 4 members (excludes halogenated alkanes) is 1. The molecule has 0 amide bonds. The second kappa shape index (κ2) is 6.83. The lowest BCUT2D eigenvalue weighted by Crippen LogP contribution is -2.33. The first-order valence-electron chi connectivity index (χ1n) is 6.88. The average Bonchev–Trinajstić information content (AvgIpc) is 2.82. The van der Waals surface area contributed by atoms with Gasteiger partial charge < -0.3 is 20.3 Å². The summed E-state index contributed by atoms with van der Waals surface area (Å²) < 4.78 is 12.8. The first-order valence-corrected chi connectivity index (χ1v) is 6.88. The fraction of sp³-hybridized carbons (Fsp3) is 0.692. The van der Waals surface area contributed by atoms with Crippen molar-refractivity contribution in [2.24, 2.45) is 0 Å². The van der Waals surface area contributed by atoms with Crippen LogP contribution in [-0.4, -0.2) is 40.1 Å². The van der Waals surface area contributed by atoms with Crippen molar-refractivity contribution in [3.8, 4) is 0 Å². The number of aromatic nitrogens is 2. The van der Waals surface area contributed by atoms with Crippen LogP contribution < -0.4 is 11.4 Å². The van der Waals surface area contributed by atoms with Gasteiger partial charge in [0.1, 0.15) is 11.9 Å². The van der Waals surface area contributed by atoms with Crippen molar-refractivity contribution in [1.82, 2.24) is 9.55 Å². The number of nitrogens with zero attached hydrogens (tertiary/aromatic N) is 2. The molecule has 0 aromatic carbocycles. The summed E-state index contributed by atoms with van der Waals surface area (Å²) in [5.41, 5.74) is 5.00. The largest absolute Gasteiger partial charge is 0.394 e. The van der Waals surface area contributed by atoms with Crippen LogP contribution >= 0.6 is 0 Å². The highest BCUT2D eigenvalue weighted by molar-refractivity contribution is 5.23. The zero-order valence-electron chi connectivity index (χ0n) is 11.6. The first kappa shape index (κ1) is 15.0. The minimum absolute atomic E-state index is 0.0959. The lowest BCUT2D eigenvalue weighted by atomic mass is 10.2. The summed E-state index contributed by atoms with van der Waals surface area (Å²) in [6, 6.07) is 1.54. The summed E-state index contributed by atoms with van der Waals surface area (Å²) in [6.07, 6.45) is 2.93. The Hall–Kier alpha value is -1.44. The predicted molar refractivity (Wildman–Crippen MR) is 73.2 cm³/mol. The molecule has 0 spiro atoms. The van der Waals surface area contributed by atoms with E-state index in [4.69, 9.17) is 15.2 Å². The lowest BCUT2D eigenvalue weighted by molar-refractivity contribution is -0.0730. The number of nitrogens with two attached hydrogens (primary N) is 1. The molecule has 7 nitrogen and oxygen atoms in total. The standard InChI is InChI=1S/C13H21N3O4/c1-2-3-6-19-10-7-9(8-17)20-12(10)16-5-4-11(14)15-13(16)18/h4-5,9-10,12,17H,2-3,6-8H2,1H3,(H2,14,15,18). The maximum Gasteiger partial charge on any atom is 0.351 e. The molecule has 0 aliphatic carbocycles. The molecular formula is C13H21N3O4. The fourth-order valence-electron chi connectivity index (χ4n) is 2.23. The van der Waals surface area contributed by atoms with E-state index in [0.717, 1.165) is 12.8 Å². The Labute approximate surface area is 117 Å². The number of anilines is 1. The zero-order chi connectivity index (χ0) is 14.5. The van der Waals surface area contributed by atoms with Gasteiger partial charge in [-0.15, -0.1) is 0 Å². The summed E-state index contributed by atoms with van der Waals surface area (Å²) in [6.45, 7) is 2.59. The molecule has 2 rings (SSSR count). The number of nitrogen functional groups attached to an aromatic ring is 1. The minimum Gasteiger partial charge on any atom is -0.394 e. The van der Waals surface area contributed by atoms with Gasteiger partial charge >= 0.3 is 5.69 Å². The molecule has 1 aromatic heterocycles. The van der Waals surface area contributed by atoms with Crippen LogP contribution in [0.3, 0.4) is 0 Å². The van der Waals surface area contributed by atoms with Crippen molar-refractivity contribution >= 4 is 5.82 Å². The summed E-state index contributed by atoms with van der Waals surface area (Å²) in [5.74, 6) is 0.173.